The van der Waals surface area contributed by atoms with Crippen LogP contribution in [-0.2, 0) is 4.79 Å². The fourth-order valence-electron chi connectivity index (χ4n) is 1.42. The Balaban J connectivity index is 2.64. The van der Waals surface area contributed by atoms with Crippen molar-refractivity contribution in [3.05, 3.63) is 39.7 Å². The molecule has 0 spiro atoms. The third-order valence-electron chi connectivity index (χ3n) is 2.69. The number of halogens is 1. The largest absolute Gasteiger partial charge is 0.481 e. The first-order valence-corrected chi connectivity index (χ1v) is 5.78. The van der Waals surface area contributed by atoms with Crippen molar-refractivity contribution in [2.45, 2.75) is 13.3 Å². The predicted octanol–water partition coefficient (Wildman–Crippen LogP) is 1.57. The molecule has 108 valence electrons. The number of rotatable bonds is 6. The van der Waals surface area contributed by atoms with Crippen LogP contribution in [0.4, 0.5) is 10.1 Å². The van der Waals surface area contributed by atoms with Crippen LogP contribution in [-0.4, -0.2) is 28.5 Å². The molecule has 7 nitrogen and oxygen atoms in total. The Bertz CT molecular complexity index is 547. The van der Waals surface area contributed by atoms with E-state index in [0.717, 1.165) is 12.1 Å². The molecule has 20 heavy (non-hydrogen) atoms. The van der Waals surface area contributed by atoms with Crippen LogP contribution in [0.3, 0.4) is 0 Å². The van der Waals surface area contributed by atoms with Gasteiger partial charge in [0.15, 0.2) is 0 Å². The molecule has 1 atom stereocenters. The minimum Gasteiger partial charge on any atom is -0.481 e. The van der Waals surface area contributed by atoms with Crippen molar-refractivity contribution in [3.63, 3.8) is 0 Å². The van der Waals surface area contributed by atoms with Gasteiger partial charge in [-0.3, -0.25) is 19.7 Å². The van der Waals surface area contributed by atoms with E-state index in [1.165, 1.54) is 6.92 Å². The number of nitrogens with zero attached hydrogens (tertiary/aromatic N) is 1. The van der Waals surface area contributed by atoms with Gasteiger partial charge in [-0.2, -0.15) is 0 Å². The summed E-state index contributed by atoms with van der Waals surface area (Å²) in [6.45, 7) is 1.56. The molecule has 1 aromatic rings. The van der Waals surface area contributed by atoms with Crippen LogP contribution in [0.1, 0.15) is 23.7 Å². The first kappa shape index (κ1) is 15.5. The summed E-state index contributed by atoms with van der Waals surface area (Å²) in [5.41, 5.74) is -0.767. The van der Waals surface area contributed by atoms with E-state index in [1.807, 2.05) is 0 Å². The van der Waals surface area contributed by atoms with Crippen LogP contribution < -0.4 is 5.32 Å². The molecule has 0 aliphatic rings. The van der Waals surface area contributed by atoms with Crippen LogP contribution in [0.15, 0.2) is 18.2 Å². The number of nitrogens with one attached hydrogen (secondary N) is 1. The zero-order chi connectivity index (χ0) is 15.3. The van der Waals surface area contributed by atoms with Gasteiger partial charge in [0.25, 0.3) is 11.6 Å². The molecular weight excluding hydrogens is 271 g/mol. The summed E-state index contributed by atoms with van der Waals surface area (Å²) >= 11 is 0. The number of amides is 1. The number of non-ortho nitro benzene ring substituents is 1. The summed E-state index contributed by atoms with van der Waals surface area (Å²) in [6.07, 6.45) is 0.204. The zero-order valence-electron chi connectivity index (χ0n) is 10.6. The first-order valence-electron chi connectivity index (χ1n) is 5.78. The van der Waals surface area contributed by atoms with Gasteiger partial charge in [0.05, 0.1) is 22.5 Å². The second-order valence-corrected chi connectivity index (χ2v) is 4.21. The van der Waals surface area contributed by atoms with Gasteiger partial charge < -0.3 is 10.4 Å². The fraction of sp³-hybridized carbons (Fsp3) is 0.333. The van der Waals surface area contributed by atoms with Crippen molar-refractivity contribution in [2.24, 2.45) is 5.92 Å². The second-order valence-electron chi connectivity index (χ2n) is 4.21. The van der Waals surface area contributed by atoms with Gasteiger partial charge in [-0.25, -0.2) is 4.39 Å². The minimum atomic E-state index is -0.997. The molecule has 8 heteroatoms. The molecule has 0 saturated heterocycles. The van der Waals surface area contributed by atoms with Crippen LogP contribution in [0.25, 0.3) is 0 Å². The molecule has 0 saturated carbocycles. The van der Waals surface area contributed by atoms with Gasteiger partial charge >= 0.3 is 5.97 Å². The van der Waals surface area contributed by atoms with E-state index in [4.69, 9.17) is 5.11 Å². The van der Waals surface area contributed by atoms with Gasteiger partial charge in [0, 0.05) is 12.6 Å². The van der Waals surface area contributed by atoms with Crippen LogP contribution in [0, 0.1) is 21.8 Å². The SMILES string of the molecule is CC(CCNC(=O)c1ccc([N+](=O)[O-])cc1F)C(=O)O. The molecule has 0 aliphatic carbocycles. The Labute approximate surface area is 113 Å². The quantitative estimate of drug-likeness (QED) is 0.608. The Morgan fingerprint density at radius 1 is 1.50 bits per heavy atom. The van der Waals surface area contributed by atoms with E-state index in [1.54, 1.807) is 0 Å². The van der Waals surface area contributed by atoms with Gasteiger partial charge in [0.1, 0.15) is 5.82 Å². The smallest absolute Gasteiger partial charge is 0.306 e. The van der Waals surface area contributed by atoms with Gasteiger partial charge in [-0.1, -0.05) is 6.92 Å². The monoisotopic (exact) mass is 284 g/mol. The maximum Gasteiger partial charge on any atom is 0.306 e. The van der Waals surface area contributed by atoms with Crippen molar-refractivity contribution < 1.29 is 24.0 Å². The maximum atomic E-state index is 13.5. The lowest BCUT2D eigenvalue weighted by atomic mass is 10.1. The molecular formula is C12H13FN2O5. The molecule has 1 unspecified atom stereocenters. The number of aliphatic carboxylic acids is 1. The molecule has 0 bridgehead atoms. The van der Waals surface area contributed by atoms with E-state index in [-0.39, 0.29) is 18.5 Å². The standard InChI is InChI=1S/C12H13FN2O5/c1-7(12(17)18)4-5-14-11(16)9-3-2-8(15(19)20)6-10(9)13/h2-3,6-7H,4-5H2,1H3,(H,14,16)(H,17,18). The third kappa shape index (κ3) is 4.01. The van der Waals surface area contributed by atoms with Crippen molar-refractivity contribution in [3.8, 4) is 0 Å². The lowest BCUT2D eigenvalue weighted by molar-refractivity contribution is -0.385. The van der Waals surface area contributed by atoms with Crippen LogP contribution in [0.2, 0.25) is 0 Å². The number of carbonyl (C=O) groups excluding carboxylic acids is 1. The fourth-order valence-corrected chi connectivity index (χ4v) is 1.42. The number of nitro benzene ring substituents is 1. The number of benzene rings is 1. The Morgan fingerprint density at radius 2 is 2.15 bits per heavy atom. The van der Waals surface area contributed by atoms with Crippen molar-refractivity contribution in [1.29, 1.82) is 0 Å². The van der Waals surface area contributed by atoms with Crippen molar-refractivity contribution >= 4 is 17.6 Å². The molecule has 0 aromatic heterocycles. The molecule has 1 rings (SSSR count). The maximum absolute atomic E-state index is 13.5. The molecule has 0 aliphatic heterocycles. The van der Waals surface area contributed by atoms with E-state index >= 15 is 0 Å². The van der Waals surface area contributed by atoms with Crippen LogP contribution >= 0.6 is 0 Å². The lowest BCUT2D eigenvalue weighted by Gasteiger charge is -2.08. The molecule has 1 amide bonds. The lowest BCUT2D eigenvalue weighted by Crippen LogP contribution is -2.27. The number of carboxylic acids is 1. The van der Waals surface area contributed by atoms with Gasteiger partial charge in [-0.05, 0) is 12.5 Å². The minimum absolute atomic E-state index is 0.0722. The average molecular weight is 284 g/mol. The molecule has 0 heterocycles. The number of carboxylic acid groups (broad SMARTS) is 1. The summed E-state index contributed by atoms with van der Waals surface area (Å²) in [5.74, 6) is -3.35. The highest BCUT2D eigenvalue weighted by Crippen LogP contribution is 2.16. The van der Waals surface area contributed by atoms with E-state index in [0.29, 0.717) is 6.07 Å². The summed E-state index contributed by atoms with van der Waals surface area (Å²) in [4.78, 5) is 31.9. The first-order chi connectivity index (χ1) is 9.32. The highest BCUT2D eigenvalue weighted by molar-refractivity contribution is 5.94. The van der Waals surface area contributed by atoms with Crippen molar-refractivity contribution in [1.82, 2.24) is 5.32 Å². The normalized spacial score (nSPS) is 11.7. The third-order valence-corrected chi connectivity index (χ3v) is 2.69. The summed E-state index contributed by atoms with van der Waals surface area (Å²) in [7, 11) is 0. The summed E-state index contributed by atoms with van der Waals surface area (Å²) < 4.78 is 13.5. The van der Waals surface area contributed by atoms with Crippen molar-refractivity contribution in [2.75, 3.05) is 6.54 Å². The molecule has 0 radical (unpaired) electrons. The molecule has 2 N–H and O–H groups in total. The highest BCUT2D eigenvalue weighted by Gasteiger charge is 2.16. The summed E-state index contributed by atoms with van der Waals surface area (Å²) in [5, 5.41) is 21.4. The Morgan fingerprint density at radius 3 is 2.65 bits per heavy atom. The number of hydrogen-bond acceptors (Lipinski definition) is 4. The highest BCUT2D eigenvalue weighted by atomic mass is 19.1. The Hall–Kier alpha value is -2.51. The average Bonchev–Trinajstić information content (AvgIpc) is 2.37. The number of nitro groups is 1. The Kier molecular flexibility index (Phi) is 5.13. The van der Waals surface area contributed by atoms with E-state index < -0.39 is 34.2 Å². The zero-order valence-corrected chi connectivity index (χ0v) is 10.6. The predicted molar refractivity (Wildman–Crippen MR) is 66.8 cm³/mol. The second kappa shape index (κ2) is 6.60. The van der Waals surface area contributed by atoms with E-state index in [2.05, 4.69) is 5.32 Å². The van der Waals surface area contributed by atoms with Gasteiger partial charge in [-0.15, -0.1) is 0 Å². The molecule has 0 fully saturated rings. The number of hydrogen-bond donors (Lipinski definition) is 2. The number of carbonyl (C=O) groups is 2. The summed E-state index contributed by atoms with van der Waals surface area (Å²) in [6, 6.07) is 2.70. The molecule has 1 aromatic carbocycles. The van der Waals surface area contributed by atoms with E-state index in [9.17, 15) is 24.1 Å². The topological polar surface area (TPSA) is 110 Å². The van der Waals surface area contributed by atoms with Crippen LogP contribution in [0.5, 0.6) is 0 Å². The van der Waals surface area contributed by atoms with Gasteiger partial charge in [0.2, 0.25) is 0 Å².